The van der Waals surface area contributed by atoms with E-state index in [1.54, 1.807) is 0 Å². The molecule has 0 aliphatic carbocycles. The summed E-state index contributed by atoms with van der Waals surface area (Å²) in [5.41, 5.74) is 0. The summed E-state index contributed by atoms with van der Waals surface area (Å²) in [6.45, 7) is 1.35. The van der Waals surface area contributed by atoms with Crippen molar-refractivity contribution in [2.75, 3.05) is 5.75 Å². The lowest BCUT2D eigenvalue weighted by atomic mass is 10.1. The first-order valence-electron chi connectivity index (χ1n) is 4.72. The van der Waals surface area contributed by atoms with Crippen LogP contribution in [0.15, 0.2) is 0 Å². The second-order valence-electron chi connectivity index (χ2n) is 3.28. The molecule has 0 aromatic heterocycles. The van der Waals surface area contributed by atoms with Gasteiger partial charge in [-0.2, -0.15) is 8.78 Å². The number of halogens is 5. The van der Waals surface area contributed by atoms with Gasteiger partial charge in [-0.25, -0.2) is 13.2 Å². The minimum Gasteiger partial charge on any atom is -0.288 e. The van der Waals surface area contributed by atoms with E-state index in [-0.39, 0.29) is 11.5 Å². The molecule has 0 amide bonds. The number of thioether (sulfide) groups is 1. The molecule has 16 heavy (non-hydrogen) atoms. The van der Waals surface area contributed by atoms with Gasteiger partial charge in [-0.3, -0.25) is 4.79 Å². The highest BCUT2D eigenvalue weighted by atomic mass is 32.2. The van der Waals surface area contributed by atoms with E-state index in [9.17, 15) is 26.7 Å². The lowest BCUT2D eigenvalue weighted by Gasteiger charge is -2.19. The van der Waals surface area contributed by atoms with E-state index < -0.39 is 24.9 Å². The van der Waals surface area contributed by atoms with Crippen LogP contribution in [0.25, 0.3) is 0 Å². The van der Waals surface area contributed by atoms with Crippen molar-refractivity contribution in [2.24, 2.45) is 0 Å². The number of hydrogen-bond donors (Lipinski definition) is 0. The van der Waals surface area contributed by atoms with Crippen LogP contribution in [0, 0.1) is 0 Å². The first kappa shape index (κ1) is 15.7. The average molecular weight is 264 g/mol. The molecule has 0 bridgehead atoms. The number of rotatable bonds is 7. The van der Waals surface area contributed by atoms with Crippen molar-refractivity contribution in [1.29, 1.82) is 0 Å². The first-order chi connectivity index (χ1) is 7.28. The van der Waals surface area contributed by atoms with Crippen molar-refractivity contribution in [3.8, 4) is 0 Å². The van der Waals surface area contributed by atoms with Gasteiger partial charge in [-0.05, 0) is 19.3 Å². The van der Waals surface area contributed by atoms with Gasteiger partial charge < -0.3 is 0 Å². The van der Waals surface area contributed by atoms with E-state index in [1.165, 1.54) is 6.92 Å². The van der Waals surface area contributed by atoms with Gasteiger partial charge in [0.15, 0.2) is 11.3 Å². The molecule has 1 nitrogen and oxygen atoms in total. The fourth-order valence-corrected chi connectivity index (χ4v) is 1.61. The highest BCUT2D eigenvalue weighted by Crippen LogP contribution is 2.31. The highest BCUT2D eigenvalue weighted by Gasteiger charge is 2.48. The van der Waals surface area contributed by atoms with Gasteiger partial charge in [0.2, 0.25) is 0 Å². The Kier molecular flexibility index (Phi) is 6.94. The first-order valence-corrected chi connectivity index (χ1v) is 5.70. The second-order valence-corrected chi connectivity index (χ2v) is 4.55. The molecular weight excluding hydrogens is 251 g/mol. The van der Waals surface area contributed by atoms with Gasteiger partial charge in [-0.15, -0.1) is 0 Å². The summed E-state index contributed by atoms with van der Waals surface area (Å²) >= 11 is 1.000. The molecule has 0 radical (unpaired) electrons. The standard InChI is InChI=1S/C9H13F5OS/c1-6(15)16-5-3-2-4-7(10)9(13,14)8(11)12/h7-8H,2-5H2,1H3. The summed E-state index contributed by atoms with van der Waals surface area (Å²) in [6.07, 6.45) is -7.01. The Morgan fingerprint density at radius 2 is 1.81 bits per heavy atom. The molecule has 0 aliphatic rings. The van der Waals surface area contributed by atoms with E-state index in [4.69, 9.17) is 0 Å². The van der Waals surface area contributed by atoms with Crippen molar-refractivity contribution in [3.05, 3.63) is 0 Å². The molecule has 1 atom stereocenters. The van der Waals surface area contributed by atoms with Crippen molar-refractivity contribution < 1.29 is 26.7 Å². The molecular formula is C9H13F5OS. The topological polar surface area (TPSA) is 17.1 Å². The molecule has 0 aromatic rings. The van der Waals surface area contributed by atoms with Crippen LogP contribution >= 0.6 is 11.8 Å². The van der Waals surface area contributed by atoms with Gasteiger partial charge in [0.25, 0.3) is 0 Å². The summed E-state index contributed by atoms with van der Waals surface area (Å²) in [6, 6.07) is 0. The van der Waals surface area contributed by atoms with Crippen molar-refractivity contribution in [2.45, 2.75) is 44.7 Å². The van der Waals surface area contributed by atoms with Crippen LogP contribution < -0.4 is 0 Å². The molecule has 0 heterocycles. The van der Waals surface area contributed by atoms with Gasteiger partial charge in [0.05, 0.1) is 0 Å². The van der Waals surface area contributed by atoms with E-state index >= 15 is 0 Å². The summed E-state index contributed by atoms with van der Waals surface area (Å²) < 4.78 is 60.9. The van der Waals surface area contributed by atoms with E-state index in [0.717, 1.165) is 11.8 Å². The molecule has 0 saturated heterocycles. The van der Waals surface area contributed by atoms with Crippen LogP contribution in [0.2, 0.25) is 0 Å². The average Bonchev–Trinajstić information content (AvgIpc) is 2.16. The number of carbonyl (C=O) groups is 1. The number of hydrogen-bond acceptors (Lipinski definition) is 2. The smallest absolute Gasteiger partial charge is 0.288 e. The Bertz CT molecular complexity index is 222. The van der Waals surface area contributed by atoms with E-state index in [2.05, 4.69) is 0 Å². The number of unbranched alkanes of at least 4 members (excludes halogenated alkanes) is 1. The maximum Gasteiger partial charge on any atom is 0.337 e. The molecule has 1 unspecified atom stereocenters. The van der Waals surface area contributed by atoms with Gasteiger partial charge in [-0.1, -0.05) is 11.8 Å². The molecule has 0 fully saturated rings. The Labute approximate surface area is 94.8 Å². The molecule has 0 aliphatic heterocycles. The van der Waals surface area contributed by atoms with Gasteiger partial charge in [0, 0.05) is 12.7 Å². The molecule has 0 saturated carbocycles. The minimum absolute atomic E-state index is 0.0593. The Hall–Kier alpha value is -0.330. The van der Waals surface area contributed by atoms with Crippen LogP contribution in [0.5, 0.6) is 0 Å². The monoisotopic (exact) mass is 264 g/mol. The molecule has 0 N–H and O–H groups in total. The summed E-state index contributed by atoms with van der Waals surface area (Å²) in [5.74, 6) is -4.18. The summed E-state index contributed by atoms with van der Waals surface area (Å²) in [4.78, 5) is 10.5. The van der Waals surface area contributed by atoms with E-state index in [1.807, 2.05) is 0 Å². The molecule has 0 aromatic carbocycles. The Morgan fingerprint density at radius 1 is 1.25 bits per heavy atom. The largest absolute Gasteiger partial charge is 0.337 e. The quantitative estimate of drug-likeness (QED) is 0.515. The zero-order chi connectivity index (χ0) is 12.8. The Balaban J connectivity index is 3.73. The second kappa shape index (κ2) is 7.09. The predicted octanol–water partition coefficient (Wildman–Crippen LogP) is 3.67. The lowest BCUT2D eigenvalue weighted by molar-refractivity contribution is -0.172. The zero-order valence-electron chi connectivity index (χ0n) is 8.69. The molecule has 0 spiro atoms. The Morgan fingerprint density at radius 3 is 2.25 bits per heavy atom. The third-order valence-electron chi connectivity index (χ3n) is 1.87. The number of carbonyl (C=O) groups excluding carboxylic acids is 1. The number of alkyl halides is 5. The minimum atomic E-state index is -4.58. The fraction of sp³-hybridized carbons (Fsp3) is 0.889. The van der Waals surface area contributed by atoms with Crippen LogP contribution in [0.1, 0.15) is 26.2 Å². The molecule has 0 rings (SSSR count). The van der Waals surface area contributed by atoms with Crippen LogP contribution in [-0.2, 0) is 4.79 Å². The van der Waals surface area contributed by atoms with Crippen molar-refractivity contribution in [1.82, 2.24) is 0 Å². The van der Waals surface area contributed by atoms with Crippen LogP contribution in [0.3, 0.4) is 0 Å². The zero-order valence-corrected chi connectivity index (χ0v) is 9.51. The molecule has 96 valence electrons. The third kappa shape index (κ3) is 5.67. The SMILES string of the molecule is CC(=O)SCCCCC(F)C(F)(F)C(F)F. The lowest BCUT2D eigenvalue weighted by Crippen LogP contribution is -2.37. The maximum absolute atomic E-state index is 12.7. The van der Waals surface area contributed by atoms with Crippen molar-refractivity contribution >= 4 is 16.9 Å². The van der Waals surface area contributed by atoms with Crippen LogP contribution in [0.4, 0.5) is 22.0 Å². The maximum atomic E-state index is 12.7. The highest BCUT2D eigenvalue weighted by molar-refractivity contribution is 8.13. The van der Waals surface area contributed by atoms with Crippen LogP contribution in [-0.4, -0.2) is 29.4 Å². The van der Waals surface area contributed by atoms with Gasteiger partial charge in [0.1, 0.15) is 0 Å². The van der Waals surface area contributed by atoms with E-state index in [0.29, 0.717) is 12.2 Å². The summed E-state index contributed by atoms with van der Waals surface area (Å²) in [5, 5.41) is -0.116. The predicted molar refractivity (Wildman–Crippen MR) is 52.8 cm³/mol. The third-order valence-corrected chi connectivity index (χ3v) is 2.77. The van der Waals surface area contributed by atoms with Crippen molar-refractivity contribution in [3.63, 3.8) is 0 Å². The fourth-order valence-electron chi connectivity index (χ4n) is 0.971. The summed E-state index contributed by atoms with van der Waals surface area (Å²) in [7, 11) is 0. The normalized spacial score (nSPS) is 14.2. The molecule has 7 heteroatoms. The van der Waals surface area contributed by atoms with Gasteiger partial charge >= 0.3 is 12.3 Å².